The van der Waals surface area contributed by atoms with Gasteiger partial charge in [-0.15, -0.1) is 0 Å². The lowest BCUT2D eigenvalue weighted by Gasteiger charge is -2.12. The highest BCUT2D eigenvalue weighted by molar-refractivity contribution is 5.74. The molecule has 6 heteroatoms. The van der Waals surface area contributed by atoms with Crippen LogP contribution in [-0.4, -0.2) is 24.1 Å². The number of aromatic nitrogens is 2. The van der Waals surface area contributed by atoms with Gasteiger partial charge in [0.25, 0.3) is 0 Å². The zero-order valence-electron chi connectivity index (χ0n) is 17.3. The monoisotopic (exact) mass is 391 g/mol. The number of ether oxygens (including phenoxy) is 1. The molecule has 6 nitrogen and oxygen atoms in total. The average Bonchev–Trinajstić information content (AvgIpc) is 2.75. The lowest BCUT2D eigenvalue weighted by molar-refractivity contribution is 0.397. The van der Waals surface area contributed by atoms with Gasteiger partial charge in [-0.1, -0.05) is 25.3 Å². The van der Waals surface area contributed by atoms with Crippen LogP contribution in [0.5, 0.6) is 5.88 Å². The van der Waals surface area contributed by atoms with E-state index in [0.717, 1.165) is 39.4 Å². The normalized spacial score (nSPS) is 11.3. The summed E-state index contributed by atoms with van der Waals surface area (Å²) < 4.78 is 5.06. The molecular formula is C23H29N5O. The maximum absolute atomic E-state index is 5.82. The number of nitrogens with one attached hydrogen (secondary N) is 2. The molecule has 0 spiro atoms. The summed E-state index contributed by atoms with van der Waals surface area (Å²) in [5.74, 6) is 1.40. The number of aryl methyl sites for hydroxylation is 1. The van der Waals surface area contributed by atoms with Gasteiger partial charge < -0.3 is 21.1 Å². The molecular weight excluding hydrogens is 362 g/mol. The van der Waals surface area contributed by atoms with E-state index in [2.05, 4.69) is 39.8 Å². The van der Waals surface area contributed by atoms with Crippen LogP contribution in [0.4, 0.5) is 5.82 Å². The van der Waals surface area contributed by atoms with Crippen molar-refractivity contribution in [3.63, 3.8) is 0 Å². The van der Waals surface area contributed by atoms with Gasteiger partial charge in [0.15, 0.2) is 0 Å². The number of allylic oxidation sites excluding steroid dienone is 4. The second kappa shape index (κ2) is 10.7. The van der Waals surface area contributed by atoms with E-state index in [9.17, 15) is 0 Å². The summed E-state index contributed by atoms with van der Waals surface area (Å²) in [5, 5.41) is 6.36. The molecule has 152 valence electrons. The first-order valence-electron chi connectivity index (χ1n) is 9.30. The molecule has 2 aromatic rings. The molecule has 0 aromatic carbocycles. The summed E-state index contributed by atoms with van der Waals surface area (Å²) in [7, 11) is 3.45. The smallest absolute Gasteiger partial charge is 0.212 e. The fourth-order valence-electron chi connectivity index (χ4n) is 2.67. The van der Waals surface area contributed by atoms with Crippen molar-refractivity contribution in [3.8, 4) is 5.88 Å². The van der Waals surface area contributed by atoms with Crippen LogP contribution in [0.2, 0.25) is 0 Å². The van der Waals surface area contributed by atoms with Crippen LogP contribution in [0.1, 0.15) is 23.1 Å². The van der Waals surface area contributed by atoms with Gasteiger partial charge in [0, 0.05) is 43.3 Å². The van der Waals surface area contributed by atoms with Crippen molar-refractivity contribution in [2.75, 3.05) is 19.5 Å². The summed E-state index contributed by atoms with van der Waals surface area (Å²) in [6, 6.07) is 5.86. The van der Waals surface area contributed by atoms with E-state index < -0.39 is 0 Å². The molecule has 0 unspecified atom stereocenters. The van der Waals surface area contributed by atoms with E-state index in [0.29, 0.717) is 18.8 Å². The van der Waals surface area contributed by atoms with Gasteiger partial charge >= 0.3 is 0 Å². The molecule has 29 heavy (non-hydrogen) atoms. The first-order chi connectivity index (χ1) is 14.0. The maximum Gasteiger partial charge on any atom is 0.212 e. The number of nitrogens with two attached hydrogens (primary N) is 1. The first kappa shape index (κ1) is 21.8. The van der Waals surface area contributed by atoms with Crippen LogP contribution in [-0.2, 0) is 6.54 Å². The van der Waals surface area contributed by atoms with Crippen molar-refractivity contribution in [2.45, 2.75) is 19.9 Å². The molecule has 0 aliphatic rings. The number of pyridine rings is 2. The van der Waals surface area contributed by atoms with Gasteiger partial charge in [0.1, 0.15) is 5.82 Å². The Labute approximate surface area is 172 Å². The fraction of sp³-hybridized carbons (Fsp3) is 0.217. The second-order valence-electron chi connectivity index (χ2n) is 6.60. The van der Waals surface area contributed by atoms with Crippen molar-refractivity contribution in [3.05, 3.63) is 90.1 Å². The predicted molar refractivity (Wildman–Crippen MR) is 120 cm³/mol. The van der Waals surface area contributed by atoms with Gasteiger partial charge in [-0.05, 0) is 54.0 Å². The van der Waals surface area contributed by atoms with E-state index in [1.807, 2.05) is 44.5 Å². The molecule has 4 N–H and O–H groups in total. The van der Waals surface area contributed by atoms with Crippen LogP contribution >= 0.6 is 0 Å². The molecule has 0 aliphatic heterocycles. The molecule has 0 aliphatic carbocycles. The molecule has 0 amide bonds. The topological polar surface area (TPSA) is 85.1 Å². The Morgan fingerprint density at radius 3 is 2.62 bits per heavy atom. The van der Waals surface area contributed by atoms with E-state index >= 15 is 0 Å². The zero-order chi connectivity index (χ0) is 21.2. The Hall–Kier alpha value is -3.54. The van der Waals surface area contributed by atoms with Crippen LogP contribution in [0.3, 0.4) is 0 Å². The second-order valence-corrected chi connectivity index (χ2v) is 6.60. The fourth-order valence-corrected chi connectivity index (χ4v) is 2.67. The molecule has 0 atom stereocenters. The van der Waals surface area contributed by atoms with E-state index in [1.54, 1.807) is 19.5 Å². The Balaban J connectivity index is 1.94. The SMILES string of the molecule is C=C(/C=C\C(=C/N)CC(=C)c1cc(C)cnc1NC)NCc1ccc(OC)nc1. The van der Waals surface area contributed by atoms with Gasteiger partial charge in [-0.3, -0.25) is 0 Å². The summed E-state index contributed by atoms with van der Waals surface area (Å²) in [6.45, 7) is 10.9. The van der Waals surface area contributed by atoms with Gasteiger partial charge in [0.2, 0.25) is 5.88 Å². The summed E-state index contributed by atoms with van der Waals surface area (Å²) in [4.78, 5) is 8.60. The summed E-state index contributed by atoms with van der Waals surface area (Å²) in [5.41, 5.74) is 11.6. The molecule has 0 fully saturated rings. The Morgan fingerprint density at radius 2 is 2.00 bits per heavy atom. The first-order valence-corrected chi connectivity index (χ1v) is 9.30. The number of nitrogens with zero attached hydrogens (tertiary/aromatic N) is 2. The van der Waals surface area contributed by atoms with Gasteiger partial charge in [0.05, 0.1) is 7.11 Å². The number of methoxy groups -OCH3 is 1. The minimum absolute atomic E-state index is 0.593. The number of hydrogen-bond acceptors (Lipinski definition) is 6. The zero-order valence-corrected chi connectivity index (χ0v) is 17.3. The highest BCUT2D eigenvalue weighted by Crippen LogP contribution is 2.27. The Bertz CT molecular complexity index is 913. The van der Waals surface area contributed by atoms with Crippen LogP contribution in [0.15, 0.2) is 73.4 Å². The highest BCUT2D eigenvalue weighted by atomic mass is 16.5. The number of hydrogen-bond donors (Lipinski definition) is 3. The third-order valence-corrected chi connectivity index (χ3v) is 4.30. The van der Waals surface area contributed by atoms with Crippen molar-refractivity contribution >= 4 is 11.4 Å². The van der Waals surface area contributed by atoms with Gasteiger partial charge in [-0.25, -0.2) is 9.97 Å². The van der Waals surface area contributed by atoms with E-state index in [-0.39, 0.29) is 0 Å². The standard InChI is InChI=1S/C23H29N5O/c1-16-10-21(23(25-4)28-13-16)17(2)11-19(12-24)7-6-18(3)26-14-20-8-9-22(29-5)27-15-20/h6-10,12-13,15,26H,2-3,11,14,24H2,1,4-5H3,(H,25,28)/b7-6-,19-12+. The number of anilines is 1. The van der Waals surface area contributed by atoms with Crippen molar-refractivity contribution < 1.29 is 4.74 Å². The van der Waals surface area contributed by atoms with Gasteiger partial charge in [-0.2, -0.15) is 0 Å². The molecule has 0 radical (unpaired) electrons. The highest BCUT2D eigenvalue weighted by Gasteiger charge is 2.08. The number of rotatable bonds is 10. The molecule has 0 saturated carbocycles. The third-order valence-electron chi connectivity index (χ3n) is 4.30. The average molecular weight is 392 g/mol. The molecule has 2 rings (SSSR count). The van der Waals surface area contributed by atoms with Crippen LogP contribution < -0.4 is 21.1 Å². The van der Waals surface area contributed by atoms with Crippen molar-refractivity contribution in [1.29, 1.82) is 0 Å². The Morgan fingerprint density at radius 1 is 1.21 bits per heavy atom. The van der Waals surface area contributed by atoms with Crippen molar-refractivity contribution in [2.24, 2.45) is 5.73 Å². The lowest BCUT2D eigenvalue weighted by atomic mass is 9.99. The minimum Gasteiger partial charge on any atom is -0.481 e. The predicted octanol–water partition coefficient (Wildman–Crippen LogP) is 3.94. The summed E-state index contributed by atoms with van der Waals surface area (Å²) in [6.07, 6.45) is 9.64. The van der Waals surface area contributed by atoms with Crippen molar-refractivity contribution in [1.82, 2.24) is 15.3 Å². The summed E-state index contributed by atoms with van der Waals surface area (Å²) >= 11 is 0. The lowest BCUT2D eigenvalue weighted by Crippen LogP contribution is -2.10. The Kier molecular flexibility index (Phi) is 8.03. The maximum atomic E-state index is 5.82. The van der Waals surface area contributed by atoms with Crippen LogP contribution in [0, 0.1) is 6.92 Å². The molecule has 2 heterocycles. The van der Waals surface area contributed by atoms with E-state index in [1.165, 1.54) is 0 Å². The largest absolute Gasteiger partial charge is 0.481 e. The third kappa shape index (κ3) is 6.53. The minimum atomic E-state index is 0.593. The quantitative estimate of drug-likeness (QED) is 0.532. The molecule has 0 bridgehead atoms. The van der Waals surface area contributed by atoms with Crippen LogP contribution in [0.25, 0.3) is 5.57 Å². The van der Waals surface area contributed by atoms with E-state index in [4.69, 9.17) is 10.5 Å². The molecule has 0 saturated heterocycles. The molecule has 2 aromatic heterocycles.